The van der Waals surface area contributed by atoms with Gasteiger partial charge in [-0.2, -0.15) is 0 Å². The van der Waals surface area contributed by atoms with Crippen LogP contribution in [-0.2, 0) is 0 Å². The second-order valence-corrected chi connectivity index (χ2v) is 6.11. The van der Waals surface area contributed by atoms with Crippen LogP contribution in [0.1, 0.15) is 43.7 Å². The van der Waals surface area contributed by atoms with Crippen molar-refractivity contribution in [3.63, 3.8) is 0 Å². The number of aliphatic hydroxyl groups excluding tert-OH is 1. The number of hydrogen-bond donors (Lipinski definition) is 1. The van der Waals surface area contributed by atoms with Gasteiger partial charge in [0.2, 0.25) is 0 Å². The summed E-state index contributed by atoms with van der Waals surface area (Å²) in [5.74, 6) is 0.426. The first kappa shape index (κ1) is 12.2. The zero-order chi connectivity index (χ0) is 13.5. The van der Waals surface area contributed by atoms with Crippen molar-refractivity contribution in [2.24, 2.45) is 5.92 Å². The molecule has 3 nitrogen and oxygen atoms in total. The lowest BCUT2D eigenvalue weighted by Crippen LogP contribution is -2.31. The highest BCUT2D eigenvalue weighted by Gasteiger charge is 2.37. The molecule has 1 aromatic heterocycles. The van der Waals surface area contributed by atoms with Gasteiger partial charge in [0.25, 0.3) is 0 Å². The van der Waals surface area contributed by atoms with Crippen molar-refractivity contribution in [1.82, 2.24) is 9.55 Å². The van der Waals surface area contributed by atoms with Crippen LogP contribution in [0.2, 0.25) is 0 Å². The molecule has 2 heterocycles. The maximum atomic E-state index is 10.9. The van der Waals surface area contributed by atoms with E-state index in [0.717, 1.165) is 18.5 Å². The van der Waals surface area contributed by atoms with Gasteiger partial charge in [0.1, 0.15) is 0 Å². The van der Waals surface area contributed by atoms with Crippen molar-refractivity contribution in [2.45, 2.75) is 44.2 Å². The Morgan fingerprint density at radius 1 is 1.15 bits per heavy atom. The molecule has 1 aliphatic carbocycles. The van der Waals surface area contributed by atoms with Crippen molar-refractivity contribution in [3.05, 3.63) is 42.4 Å². The Kier molecular flexibility index (Phi) is 2.88. The number of nitrogens with zero attached hydrogens (tertiary/aromatic N) is 2. The summed E-state index contributed by atoms with van der Waals surface area (Å²) in [6.45, 7) is 0. The van der Waals surface area contributed by atoms with Crippen molar-refractivity contribution < 1.29 is 5.11 Å². The van der Waals surface area contributed by atoms with E-state index in [1.54, 1.807) is 0 Å². The second-order valence-electron chi connectivity index (χ2n) is 6.11. The summed E-state index contributed by atoms with van der Waals surface area (Å²) in [6, 6.07) is 8.46. The van der Waals surface area contributed by atoms with E-state index in [2.05, 4.69) is 33.8 Å². The minimum Gasteiger partial charge on any atom is -0.390 e. The van der Waals surface area contributed by atoms with E-state index in [4.69, 9.17) is 0 Å². The molecular formula is C17H20N2O. The number of benzene rings is 1. The van der Waals surface area contributed by atoms with Crippen LogP contribution in [-0.4, -0.2) is 20.8 Å². The lowest BCUT2D eigenvalue weighted by Gasteiger charge is -2.31. The molecule has 20 heavy (non-hydrogen) atoms. The molecule has 0 radical (unpaired) electrons. The van der Waals surface area contributed by atoms with E-state index in [1.807, 2.05) is 12.5 Å². The number of fused-ring (bicyclic) bond motifs is 3. The summed E-state index contributed by atoms with van der Waals surface area (Å²) in [6.07, 6.45) is 9.62. The zero-order valence-electron chi connectivity index (χ0n) is 11.6. The maximum absolute atomic E-state index is 10.9. The first-order chi connectivity index (χ1) is 9.86. The smallest absolute Gasteiger partial charge is 0.0957 e. The molecule has 0 spiro atoms. The molecular weight excluding hydrogens is 248 g/mol. The third kappa shape index (κ3) is 1.73. The van der Waals surface area contributed by atoms with Gasteiger partial charge in [-0.05, 0) is 24.3 Å². The third-order valence-electron chi connectivity index (χ3n) is 4.98. The SMILES string of the molecule is O[C@H](C1CCCCC1)[C@@H]1c2ccccc2-c2cncn21. The van der Waals surface area contributed by atoms with E-state index in [1.165, 1.54) is 30.4 Å². The van der Waals surface area contributed by atoms with Crippen molar-refractivity contribution in [1.29, 1.82) is 0 Å². The molecule has 0 bridgehead atoms. The third-order valence-corrected chi connectivity index (χ3v) is 4.98. The van der Waals surface area contributed by atoms with Crippen LogP contribution in [0.15, 0.2) is 36.8 Å². The van der Waals surface area contributed by atoms with Gasteiger partial charge >= 0.3 is 0 Å². The highest BCUT2D eigenvalue weighted by Crippen LogP contribution is 2.44. The van der Waals surface area contributed by atoms with Crippen LogP contribution in [0.4, 0.5) is 0 Å². The molecule has 0 unspecified atom stereocenters. The Hall–Kier alpha value is -1.61. The molecule has 3 heteroatoms. The average molecular weight is 268 g/mol. The summed E-state index contributed by atoms with van der Waals surface area (Å²) in [5, 5.41) is 10.9. The number of rotatable bonds is 2. The number of aromatic nitrogens is 2. The topological polar surface area (TPSA) is 38.1 Å². The lowest BCUT2D eigenvalue weighted by molar-refractivity contribution is 0.0536. The van der Waals surface area contributed by atoms with Gasteiger partial charge in [-0.1, -0.05) is 43.5 Å². The van der Waals surface area contributed by atoms with E-state index < -0.39 is 0 Å². The quantitative estimate of drug-likeness (QED) is 0.906. The predicted molar refractivity (Wildman–Crippen MR) is 78.4 cm³/mol. The summed E-state index contributed by atoms with van der Waals surface area (Å²) in [7, 11) is 0. The predicted octanol–water partition coefficient (Wildman–Crippen LogP) is 3.39. The van der Waals surface area contributed by atoms with Gasteiger partial charge in [-0.3, -0.25) is 0 Å². The summed E-state index contributed by atoms with van der Waals surface area (Å²) in [4.78, 5) is 4.27. The minimum absolute atomic E-state index is 0.0480. The molecule has 0 saturated heterocycles. The monoisotopic (exact) mass is 268 g/mol. The molecule has 4 rings (SSSR count). The maximum Gasteiger partial charge on any atom is 0.0957 e. The molecule has 1 saturated carbocycles. The molecule has 1 aliphatic heterocycles. The largest absolute Gasteiger partial charge is 0.390 e. The van der Waals surface area contributed by atoms with Gasteiger partial charge in [0, 0.05) is 5.56 Å². The molecule has 1 aromatic carbocycles. The zero-order valence-corrected chi connectivity index (χ0v) is 11.6. The molecule has 104 valence electrons. The van der Waals surface area contributed by atoms with Crippen LogP contribution in [0.25, 0.3) is 11.3 Å². The molecule has 0 amide bonds. The minimum atomic E-state index is -0.299. The Balaban J connectivity index is 1.74. The summed E-state index contributed by atoms with van der Waals surface area (Å²) >= 11 is 0. The fourth-order valence-corrected chi connectivity index (χ4v) is 3.95. The normalized spacial score (nSPS) is 23.4. The average Bonchev–Trinajstić information content (AvgIpc) is 3.08. The Morgan fingerprint density at radius 3 is 2.80 bits per heavy atom. The van der Waals surface area contributed by atoms with Crippen LogP contribution < -0.4 is 0 Å². The summed E-state index contributed by atoms with van der Waals surface area (Å²) < 4.78 is 2.16. The number of aliphatic hydroxyl groups is 1. The molecule has 2 aliphatic rings. The molecule has 1 fully saturated rings. The highest BCUT2D eigenvalue weighted by atomic mass is 16.3. The van der Waals surface area contributed by atoms with Crippen molar-refractivity contribution >= 4 is 0 Å². The van der Waals surface area contributed by atoms with Crippen molar-refractivity contribution in [2.75, 3.05) is 0 Å². The lowest BCUT2D eigenvalue weighted by atomic mass is 9.81. The van der Waals surface area contributed by atoms with Gasteiger partial charge in [-0.15, -0.1) is 0 Å². The molecule has 2 aromatic rings. The first-order valence-electron chi connectivity index (χ1n) is 7.65. The van der Waals surface area contributed by atoms with Crippen LogP contribution in [0.5, 0.6) is 0 Å². The molecule has 2 atom stereocenters. The Labute approximate surface area is 119 Å². The van der Waals surface area contributed by atoms with E-state index >= 15 is 0 Å². The van der Waals surface area contributed by atoms with Gasteiger partial charge in [0.15, 0.2) is 0 Å². The van der Waals surface area contributed by atoms with Gasteiger partial charge in [-0.25, -0.2) is 4.98 Å². The highest BCUT2D eigenvalue weighted by molar-refractivity contribution is 5.69. The number of imidazole rings is 1. The van der Waals surface area contributed by atoms with Crippen molar-refractivity contribution in [3.8, 4) is 11.3 Å². The summed E-state index contributed by atoms with van der Waals surface area (Å²) in [5.41, 5.74) is 3.62. The standard InChI is InChI=1S/C17H20N2O/c20-17(12-6-2-1-3-7-12)16-14-9-5-4-8-13(14)15-10-18-11-19(15)16/h4-5,8-12,16-17,20H,1-3,6-7H2/t16-,17+/m0/s1. The van der Waals surface area contributed by atoms with Crippen LogP contribution in [0.3, 0.4) is 0 Å². The number of hydrogen-bond acceptors (Lipinski definition) is 2. The van der Waals surface area contributed by atoms with E-state index in [-0.39, 0.29) is 12.1 Å². The fraction of sp³-hybridized carbons (Fsp3) is 0.471. The van der Waals surface area contributed by atoms with Crippen LogP contribution >= 0.6 is 0 Å². The Morgan fingerprint density at radius 2 is 1.95 bits per heavy atom. The molecule has 1 N–H and O–H groups in total. The van der Waals surface area contributed by atoms with Gasteiger partial charge < -0.3 is 9.67 Å². The second kappa shape index (κ2) is 4.74. The first-order valence-corrected chi connectivity index (χ1v) is 7.65. The van der Waals surface area contributed by atoms with E-state index in [0.29, 0.717) is 5.92 Å². The van der Waals surface area contributed by atoms with Crippen LogP contribution in [0, 0.1) is 5.92 Å². The van der Waals surface area contributed by atoms with Gasteiger partial charge in [0.05, 0.1) is 30.4 Å². The van der Waals surface area contributed by atoms with E-state index in [9.17, 15) is 5.11 Å². The fourth-order valence-electron chi connectivity index (χ4n) is 3.95. The Bertz CT molecular complexity index is 613.